The molecule has 150 valence electrons. The summed E-state index contributed by atoms with van der Waals surface area (Å²) in [6, 6.07) is 16.2. The summed E-state index contributed by atoms with van der Waals surface area (Å²) in [5, 5.41) is 0. The third-order valence-corrected chi connectivity index (χ3v) is 4.65. The van der Waals surface area contributed by atoms with Crippen molar-refractivity contribution in [3.8, 4) is 17.2 Å². The van der Waals surface area contributed by atoms with Gasteiger partial charge in [-0.25, -0.2) is 0 Å². The van der Waals surface area contributed by atoms with Crippen molar-refractivity contribution in [1.82, 2.24) is 4.57 Å². The van der Waals surface area contributed by atoms with Crippen LogP contribution in [0.3, 0.4) is 0 Å². The van der Waals surface area contributed by atoms with Crippen molar-refractivity contribution >= 4 is 11.7 Å². The number of hydrogen-bond acceptors (Lipinski definition) is 4. The van der Waals surface area contributed by atoms with Gasteiger partial charge in [-0.3, -0.25) is 9.59 Å². The zero-order valence-electron chi connectivity index (χ0n) is 16.8. The smallest absolute Gasteiger partial charge is 0.252 e. The van der Waals surface area contributed by atoms with Crippen molar-refractivity contribution < 1.29 is 19.1 Å². The number of benzene rings is 2. The standard InChI is InChI=1S/C23H24N2O4/c1-4-28-18-11-9-17(10-12-18)25-15(2)13-20(16(25)3)21(26)14-29-22-8-6-5-7-19(22)23(24)27/h5-13H,4,14H2,1-3H3,(H2,24,27). The van der Waals surface area contributed by atoms with E-state index in [2.05, 4.69) is 0 Å². The Morgan fingerprint density at radius 1 is 0.966 bits per heavy atom. The van der Waals surface area contributed by atoms with Crippen molar-refractivity contribution in [3.63, 3.8) is 0 Å². The van der Waals surface area contributed by atoms with E-state index in [4.69, 9.17) is 15.2 Å². The van der Waals surface area contributed by atoms with E-state index in [-0.39, 0.29) is 18.0 Å². The number of aryl methyl sites for hydroxylation is 1. The number of rotatable bonds is 8. The number of primary amides is 1. The second kappa shape index (κ2) is 8.65. The first kappa shape index (κ1) is 20.2. The van der Waals surface area contributed by atoms with E-state index in [1.807, 2.05) is 55.7 Å². The summed E-state index contributed by atoms with van der Waals surface area (Å²) >= 11 is 0. The van der Waals surface area contributed by atoms with Crippen LogP contribution in [0.5, 0.6) is 11.5 Å². The average molecular weight is 392 g/mol. The molecule has 0 aliphatic heterocycles. The summed E-state index contributed by atoms with van der Waals surface area (Å²) in [5.74, 6) is 0.335. The van der Waals surface area contributed by atoms with Crippen LogP contribution in [0.4, 0.5) is 0 Å². The van der Waals surface area contributed by atoms with Gasteiger partial charge >= 0.3 is 0 Å². The van der Waals surface area contributed by atoms with Crippen LogP contribution in [0, 0.1) is 13.8 Å². The molecule has 1 amide bonds. The minimum atomic E-state index is -0.596. The number of carbonyl (C=O) groups is 2. The second-order valence-electron chi connectivity index (χ2n) is 6.62. The third kappa shape index (κ3) is 4.32. The van der Waals surface area contributed by atoms with Crippen LogP contribution in [0.2, 0.25) is 0 Å². The molecule has 0 unspecified atom stereocenters. The zero-order valence-corrected chi connectivity index (χ0v) is 16.8. The molecule has 1 aromatic heterocycles. The molecule has 6 heteroatoms. The van der Waals surface area contributed by atoms with Crippen LogP contribution in [0.15, 0.2) is 54.6 Å². The zero-order chi connectivity index (χ0) is 21.0. The molecule has 0 aliphatic rings. The van der Waals surface area contributed by atoms with Gasteiger partial charge < -0.3 is 19.8 Å². The van der Waals surface area contributed by atoms with Gasteiger partial charge in [0.2, 0.25) is 5.78 Å². The Balaban J connectivity index is 1.81. The molecule has 3 aromatic rings. The van der Waals surface area contributed by atoms with Crippen molar-refractivity contribution in [2.24, 2.45) is 5.73 Å². The minimum Gasteiger partial charge on any atom is -0.494 e. The van der Waals surface area contributed by atoms with Gasteiger partial charge in [-0.2, -0.15) is 0 Å². The van der Waals surface area contributed by atoms with Crippen molar-refractivity contribution in [2.45, 2.75) is 20.8 Å². The molecular weight excluding hydrogens is 368 g/mol. The van der Waals surface area contributed by atoms with Crippen molar-refractivity contribution in [2.75, 3.05) is 13.2 Å². The number of amides is 1. The molecule has 1 heterocycles. The highest BCUT2D eigenvalue weighted by Crippen LogP contribution is 2.24. The maximum Gasteiger partial charge on any atom is 0.252 e. The number of nitrogens with zero attached hydrogens (tertiary/aromatic N) is 1. The fourth-order valence-corrected chi connectivity index (χ4v) is 3.32. The number of Topliss-reactive ketones (excluding diaryl/α,β-unsaturated/α-hetero) is 1. The lowest BCUT2D eigenvalue weighted by Crippen LogP contribution is -2.17. The van der Waals surface area contributed by atoms with Gasteiger partial charge in [0.25, 0.3) is 5.91 Å². The van der Waals surface area contributed by atoms with E-state index in [9.17, 15) is 9.59 Å². The SMILES string of the molecule is CCOc1ccc(-n2c(C)cc(C(=O)COc3ccccc3C(N)=O)c2C)cc1. The maximum absolute atomic E-state index is 12.8. The first-order valence-corrected chi connectivity index (χ1v) is 9.39. The molecule has 6 nitrogen and oxygen atoms in total. The van der Waals surface area contributed by atoms with Gasteiger partial charge in [0.1, 0.15) is 11.5 Å². The molecule has 0 spiro atoms. The first-order valence-electron chi connectivity index (χ1n) is 9.39. The summed E-state index contributed by atoms with van der Waals surface area (Å²) in [6.07, 6.45) is 0. The van der Waals surface area contributed by atoms with Gasteiger partial charge in [0, 0.05) is 22.6 Å². The highest BCUT2D eigenvalue weighted by Gasteiger charge is 2.18. The fourth-order valence-electron chi connectivity index (χ4n) is 3.32. The molecule has 0 fully saturated rings. The third-order valence-electron chi connectivity index (χ3n) is 4.65. The van der Waals surface area contributed by atoms with Crippen LogP contribution in [0.25, 0.3) is 5.69 Å². The Bertz CT molecular complexity index is 1040. The molecule has 0 saturated carbocycles. The maximum atomic E-state index is 12.8. The van der Waals surface area contributed by atoms with Gasteiger partial charge in [-0.1, -0.05) is 12.1 Å². The Kier molecular flexibility index (Phi) is 6.02. The molecule has 0 radical (unpaired) electrons. The van der Waals surface area contributed by atoms with E-state index >= 15 is 0 Å². The monoisotopic (exact) mass is 392 g/mol. The summed E-state index contributed by atoms with van der Waals surface area (Å²) in [4.78, 5) is 24.3. The molecule has 0 aliphatic carbocycles. The van der Waals surface area contributed by atoms with Gasteiger partial charge in [-0.15, -0.1) is 0 Å². The summed E-state index contributed by atoms with van der Waals surface area (Å²) in [6.45, 7) is 6.21. The van der Waals surface area contributed by atoms with Crippen LogP contribution in [-0.2, 0) is 0 Å². The lowest BCUT2D eigenvalue weighted by Gasteiger charge is -2.11. The summed E-state index contributed by atoms with van der Waals surface area (Å²) in [7, 11) is 0. The van der Waals surface area contributed by atoms with Crippen LogP contribution >= 0.6 is 0 Å². The topological polar surface area (TPSA) is 83.6 Å². The summed E-state index contributed by atoms with van der Waals surface area (Å²) in [5.41, 5.74) is 8.89. The molecule has 0 atom stereocenters. The number of ketones is 1. The van der Waals surface area contributed by atoms with E-state index in [1.54, 1.807) is 24.3 Å². The van der Waals surface area contributed by atoms with Crippen LogP contribution in [0.1, 0.15) is 39.0 Å². The fraction of sp³-hybridized carbons (Fsp3) is 0.217. The number of aromatic nitrogens is 1. The van der Waals surface area contributed by atoms with Gasteiger partial charge in [-0.05, 0) is 63.2 Å². The van der Waals surface area contributed by atoms with E-state index in [0.29, 0.717) is 17.9 Å². The molecule has 2 aromatic carbocycles. The lowest BCUT2D eigenvalue weighted by molar-refractivity contribution is 0.0911. The summed E-state index contributed by atoms with van der Waals surface area (Å²) < 4.78 is 13.1. The number of para-hydroxylation sites is 1. The normalized spacial score (nSPS) is 10.6. The first-order chi connectivity index (χ1) is 13.9. The predicted octanol–water partition coefficient (Wildman–Crippen LogP) is 3.85. The predicted molar refractivity (Wildman–Crippen MR) is 111 cm³/mol. The molecule has 0 saturated heterocycles. The average Bonchev–Trinajstić information content (AvgIpc) is 3.01. The van der Waals surface area contributed by atoms with Gasteiger partial charge in [0.15, 0.2) is 6.61 Å². The molecule has 3 rings (SSSR count). The Hall–Kier alpha value is -3.54. The Morgan fingerprint density at radius 3 is 2.31 bits per heavy atom. The number of carbonyl (C=O) groups excluding carboxylic acids is 2. The van der Waals surface area contributed by atoms with E-state index in [1.165, 1.54) is 0 Å². The largest absolute Gasteiger partial charge is 0.494 e. The minimum absolute atomic E-state index is 0.172. The number of hydrogen-bond donors (Lipinski definition) is 1. The van der Waals surface area contributed by atoms with Gasteiger partial charge in [0.05, 0.1) is 12.2 Å². The number of nitrogens with two attached hydrogens (primary N) is 1. The van der Waals surface area contributed by atoms with Crippen molar-refractivity contribution in [1.29, 1.82) is 0 Å². The highest BCUT2D eigenvalue weighted by molar-refractivity contribution is 5.99. The highest BCUT2D eigenvalue weighted by atomic mass is 16.5. The van der Waals surface area contributed by atoms with Crippen molar-refractivity contribution in [3.05, 3.63) is 77.1 Å². The quantitative estimate of drug-likeness (QED) is 0.590. The van der Waals surface area contributed by atoms with Crippen LogP contribution < -0.4 is 15.2 Å². The van der Waals surface area contributed by atoms with Crippen LogP contribution in [-0.4, -0.2) is 29.5 Å². The Morgan fingerprint density at radius 2 is 1.66 bits per heavy atom. The second-order valence-corrected chi connectivity index (χ2v) is 6.62. The lowest BCUT2D eigenvalue weighted by atomic mass is 10.1. The molecular formula is C23H24N2O4. The molecule has 29 heavy (non-hydrogen) atoms. The van der Waals surface area contributed by atoms with E-state index < -0.39 is 5.91 Å². The molecule has 2 N–H and O–H groups in total. The van der Waals surface area contributed by atoms with E-state index in [0.717, 1.165) is 22.8 Å². The Labute approximate surface area is 169 Å². The number of ether oxygens (including phenoxy) is 2. The molecule has 0 bridgehead atoms.